The minimum Gasteiger partial charge on any atom is -0.497 e. The van der Waals surface area contributed by atoms with Crippen LogP contribution in [0.5, 0.6) is 11.5 Å². The molecule has 0 spiro atoms. The lowest BCUT2D eigenvalue weighted by molar-refractivity contribution is 0.299. The molecule has 0 aliphatic rings. The highest BCUT2D eigenvalue weighted by Crippen LogP contribution is 2.26. The van der Waals surface area contributed by atoms with Crippen molar-refractivity contribution in [3.63, 3.8) is 0 Å². The van der Waals surface area contributed by atoms with Gasteiger partial charge in [0.25, 0.3) is 0 Å². The molecule has 0 aliphatic carbocycles. The van der Waals surface area contributed by atoms with Gasteiger partial charge < -0.3 is 15.2 Å². The lowest BCUT2D eigenvalue weighted by atomic mass is 10.1. The van der Waals surface area contributed by atoms with Gasteiger partial charge in [-0.2, -0.15) is 0 Å². The third-order valence-corrected chi connectivity index (χ3v) is 3.29. The molecular weight excluding hydrogens is 262 g/mol. The zero-order valence-corrected chi connectivity index (χ0v) is 12.9. The van der Waals surface area contributed by atoms with E-state index in [4.69, 9.17) is 15.2 Å². The Balaban J connectivity index is 2.16. The molecule has 0 saturated carbocycles. The summed E-state index contributed by atoms with van der Waals surface area (Å²) in [5.41, 5.74) is 9.40. The topological polar surface area (TPSA) is 44.5 Å². The first-order chi connectivity index (χ1) is 10.1. The number of hydrogen-bond donors (Lipinski definition) is 1. The van der Waals surface area contributed by atoms with E-state index in [-0.39, 0.29) is 6.04 Å². The van der Waals surface area contributed by atoms with E-state index in [0.29, 0.717) is 6.61 Å². The van der Waals surface area contributed by atoms with Crippen LogP contribution in [0.1, 0.15) is 23.6 Å². The Labute approximate surface area is 126 Å². The first-order valence-electron chi connectivity index (χ1n) is 7.19. The van der Waals surface area contributed by atoms with Crippen LogP contribution in [0.3, 0.4) is 0 Å². The maximum Gasteiger partial charge on any atom is 0.126 e. The van der Waals surface area contributed by atoms with E-state index in [1.54, 1.807) is 7.11 Å². The van der Waals surface area contributed by atoms with Crippen molar-refractivity contribution >= 4 is 0 Å². The minimum absolute atomic E-state index is 0.0970. The monoisotopic (exact) mass is 285 g/mol. The molecule has 0 aromatic heterocycles. The van der Waals surface area contributed by atoms with Crippen molar-refractivity contribution in [2.45, 2.75) is 32.9 Å². The number of methoxy groups -OCH3 is 1. The summed E-state index contributed by atoms with van der Waals surface area (Å²) in [5.74, 6) is 1.64. The Hall–Kier alpha value is -2.00. The Kier molecular flexibility index (Phi) is 5.23. The smallest absolute Gasteiger partial charge is 0.126 e. The van der Waals surface area contributed by atoms with E-state index in [9.17, 15) is 0 Å². The van der Waals surface area contributed by atoms with Gasteiger partial charge in [0.15, 0.2) is 0 Å². The van der Waals surface area contributed by atoms with Crippen LogP contribution in [0.2, 0.25) is 0 Å². The molecule has 0 fully saturated rings. The van der Waals surface area contributed by atoms with Gasteiger partial charge in [-0.1, -0.05) is 35.9 Å². The molecule has 3 heteroatoms. The molecule has 0 bridgehead atoms. The van der Waals surface area contributed by atoms with Gasteiger partial charge in [0.05, 0.1) is 7.11 Å². The second kappa shape index (κ2) is 7.14. The molecule has 0 radical (unpaired) electrons. The van der Waals surface area contributed by atoms with E-state index in [0.717, 1.165) is 29.0 Å². The van der Waals surface area contributed by atoms with Crippen molar-refractivity contribution in [1.29, 1.82) is 0 Å². The van der Waals surface area contributed by atoms with Crippen LogP contribution in [0.4, 0.5) is 0 Å². The zero-order chi connectivity index (χ0) is 15.2. The van der Waals surface area contributed by atoms with Crippen molar-refractivity contribution in [3.8, 4) is 11.5 Å². The van der Waals surface area contributed by atoms with Crippen molar-refractivity contribution in [3.05, 3.63) is 59.2 Å². The van der Waals surface area contributed by atoms with Gasteiger partial charge in [0.2, 0.25) is 0 Å². The minimum atomic E-state index is 0.0970. The second-order valence-corrected chi connectivity index (χ2v) is 5.43. The summed E-state index contributed by atoms with van der Waals surface area (Å²) < 4.78 is 11.3. The van der Waals surface area contributed by atoms with Crippen LogP contribution in [-0.4, -0.2) is 13.2 Å². The molecule has 1 atom stereocenters. The predicted molar refractivity (Wildman–Crippen MR) is 85.9 cm³/mol. The van der Waals surface area contributed by atoms with Crippen LogP contribution in [0.25, 0.3) is 0 Å². The summed E-state index contributed by atoms with van der Waals surface area (Å²) in [4.78, 5) is 0. The Morgan fingerprint density at radius 2 is 1.95 bits per heavy atom. The van der Waals surface area contributed by atoms with Gasteiger partial charge in [-0.25, -0.2) is 0 Å². The quantitative estimate of drug-likeness (QED) is 0.884. The molecule has 0 heterocycles. The fourth-order valence-corrected chi connectivity index (χ4v) is 2.27. The molecular formula is C18H23NO2. The average Bonchev–Trinajstić information content (AvgIpc) is 2.46. The van der Waals surface area contributed by atoms with E-state index in [1.807, 2.05) is 31.2 Å². The molecule has 0 amide bonds. The summed E-state index contributed by atoms with van der Waals surface area (Å²) >= 11 is 0. The average molecular weight is 285 g/mol. The van der Waals surface area contributed by atoms with Gasteiger partial charge in [-0.15, -0.1) is 0 Å². The normalized spacial score (nSPS) is 12.0. The Bertz CT molecular complexity index is 594. The van der Waals surface area contributed by atoms with E-state index < -0.39 is 0 Å². The Morgan fingerprint density at radius 3 is 2.62 bits per heavy atom. The predicted octanol–water partition coefficient (Wildman–Crippen LogP) is 3.47. The standard InChI is InChI=1S/C18H23NO2/c1-13-5-4-6-15(9-13)12-21-18-11-17(20-3)8-7-16(18)10-14(2)19/h4-9,11,14H,10,12,19H2,1-3H3. The third kappa shape index (κ3) is 4.50. The third-order valence-electron chi connectivity index (χ3n) is 3.29. The summed E-state index contributed by atoms with van der Waals surface area (Å²) in [6.07, 6.45) is 0.785. The second-order valence-electron chi connectivity index (χ2n) is 5.43. The van der Waals surface area contributed by atoms with Crippen LogP contribution in [0.15, 0.2) is 42.5 Å². The molecule has 0 aliphatic heterocycles. The number of hydrogen-bond acceptors (Lipinski definition) is 3. The molecule has 2 rings (SSSR count). The van der Waals surface area contributed by atoms with Crippen LogP contribution >= 0.6 is 0 Å². The number of rotatable bonds is 6. The molecule has 2 N–H and O–H groups in total. The maximum atomic E-state index is 5.99. The van der Waals surface area contributed by atoms with Crippen molar-refractivity contribution in [1.82, 2.24) is 0 Å². The molecule has 112 valence electrons. The van der Waals surface area contributed by atoms with Crippen LogP contribution < -0.4 is 15.2 Å². The lowest BCUT2D eigenvalue weighted by Gasteiger charge is -2.14. The SMILES string of the molecule is COc1ccc(CC(C)N)c(OCc2cccc(C)c2)c1. The van der Waals surface area contributed by atoms with Gasteiger partial charge in [-0.3, -0.25) is 0 Å². The number of nitrogens with two attached hydrogens (primary N) is 1. The maximum absolute atomic E-state index is 5.99. The molecule has 1 unspecified atom stereocenters. The first kappa shape index (κ1) is 15.4. The number of aryl methyl sites for hydroxylation is 1. The van der Waals surface area contributed by atoms with Crippen molar-refractivity contribution in [2.75, 3.05) is 7.11 Å². The van der Waals surface area contributed by atoms with Gasteiger partial charge >= 0.3 is 0 Å². The lowest BCUT2D eigenvalue weighted by Crippen LogP contribution is -2.18. The van der Waals surface area contributed by atoms with Crippen molar-refractivity contribution < 1.29 is 9.47 Å². The first-order valence-corrected chi connectivity index (χ1v) is 7.19. The highest BCUT2D eigenvalue weighted by atomic mass is 16.5. The molecule has 21 heavy (non-hydrogen) atoms. The van der Waals surface area contributed by atoms with E-state index in [1.165, 1.54) is 5.56 Å². The van der Waals surface area contributed by atoms with Gasteiger partial charge in [0.1, 0.15) is 18.1 Å². The zero-order valence-electron chi connectivity index (χ0n) is 12.9. The van der Waals surface area contributed by atoms with Crippen LogP contribution in [0, 0.1) is 6.92 Å². The van der Waals surface area contributed by atoms with E-state index >= 15 is 0 Å². The Morgan fingerprint density at radius 1 is 1.14 bits per heavy atom. The fourth-order valence-electron chi connectivity index (χ4n) is 2.27. The molecule has 2 aromatic carbocycles. The molecule has 3 nitrogen and oxygen atoms in total. The summed E-state index contributed by atoms with van der Waals surface area (Å²) in [5, 5.41) is 0. The molecule has 0 saturated heterocycles. The summed E-state index contributed by atoms with van der Waals surface area (Å²) in [7, 11) is 1.66. The largest absolute Gasteiger partial charge is 0.497 e. The van der Waals surface area contributed by atoms with Crippen LogP contribution in [-0.2, 0) is 13.0 Å². The number of ether oxygens (including phenoxy) is 2. The fraction of sp³-hybridized carbons (Fsp3) is 0.333. The highest BCUT2D eigenvalue weighted by molar-refractivity contribution is 5.41. The highest BCUT2D eigenvalue weighted by Gasteiger charge is 2.08. The van der Waals surface area contributed by atoms with Gasteiger partial charge in [-0.05, 0) is 37.5 Å². The van der Waals surface area contributed by atoms with Gasteiger partial charge in [0, 0.05) is 12.1 Å². The summed E-state index contributed by atoms with van der Waals surface area (Å²) in [6.45, 7) is 4.62. The van der Waals surface area contributed by atoms with Crippen molar-refractivity contribution in [2.24, 2.45) is 5.73 Å². The van der Waals surface area contributed by atoms with E-state index in [2.05, 4.69) is 25.1 Å². The molecule has 2 aromatic rings. The number of benzene rings is 2. The summed E-state index contributed by atoms with van der Waals surface area (Å²) in [6, 6.07) is 14.3.